The van der Waals surface area contributed by atoms with Crippen molar-refractivity contribution in [1.29, 1.82) is 0 Å². The number of benzene rings is 1. The summed E-state index contributed by atoms with van der Waals surface area (Å²) in [6, 6.07) is 6.35. The number of morpholine rings is 1. The van der Waals surface area contributed by atoms with E-state index in [1.165, 1.54) is 31.5 Å². The molecule has 39 heavy (non-hydrogen) atoms. The van der Waals surface area contributed by atoms with Crippen LogP contribution in [0.1, 0.15) is 51.1 Å². The number of rotatable bonds is 8. The number of hydrogen-bond acceptors (Lipinski definition) is 11. The molecular weight excluding hydrogens is 523 g/mol. The number of hydrogen-bond donors (Lipinski definition) is 0. The minimum atomic E-state index is -0.542. The van der Waals surface area contributed by atoms with Crippen LogP contribution in [0.3, 0.4) is 0 Å². The van der Waals surface area contributed by atoms with Crippen LogP contribution >= 0.6 is 11.3 Å². The molecule has 0 spiro atoms. The number of nitrogens with zero attached hydrogens (tertiary/aromatic N) is 6. The molecule has 1 aliphatic heterocycles. The summed E-state index contributed by atoms with van der Waals surface area (Å²) in [7, 11) is 1.87. The minimum absolute atomic E-state index is 0.128. The SMILES string of the molecule is CCOC(=O)c1cnc(N(C)Cc2cc3nc(N4CCOC(c5cc(C(C)=O)ccc5F)C4)ncc3s2)nc1. The smallest absolute Gasteiger partial charge is 0.341 e. The molecule has 12 heteroatoms. The molecule has 1 atom stereocenters. The van der Waals surface area contributed by atoms with E-state index in [-0.39, 0.29) is 12.4 Å². The van der Waals surface area contributed by atoms with E-state index in [2.05, 4.69) is 15.0 Å². The highest BCUT2D eigenvalue weighted by atomic mass is 32.1. The van der Waals surface area contributed by atoms with Gasteiger partial charge < -0.3 is 19.3 Å². The molecule has 4 heterocycles. The van der Waals surface area contributed by atoms with Crippen molar-refractivity contribution >= 4 is 45.2 Å². The van der Waals surface area contributed by atoms with E-state index in [1.54, 1.807) is 30.5 Å². The maximum atomic E-state index is 14.6. The van der Waals surface area contributed by atoms with Gasteiger partial charge in [-0.2, -0.15) is 0 Å². The maximum Gasteiger partial charge on any atom is 0.341 e. The van der Waals surface area contributed by atoms with Gasteiger partial charge in [0, 0.05) is 42.0 Å². The fraction of sp³-hybridized carbons (Fsp3) is 0.333. The van der Waals surface area contributed by atoms with E-state index >= 15 is 0 Å². The van der Waals surface area contributed by atoms with Crippen LogP contribution in [0.15, 0.2) is 42.9 Å². The lowest BCUT2D eigenvalue weighted by Crippen LogP contribution is -2.39. The zero-order valence-electron chi connectivity index (χ0n) is 21.8. The second-order valence-electron chi connectivity index (χ2n) is 9.08. The summed E-state index contributed by atoms with van der Waals surface area (Å²) in [5.41, 5.74) is 1.91. The monoisotopic (exact) mass is 550 g/mol. The van der Waals surface area contributed by atoms with E-state index in [9.17, 15) is 14.0 Å². The van der Waals surface area contributed by atoms with Crippen molar-refractivity contribution in [2.24, 2.45) is 0 Å². The number of ketones is 1. The van der Waals surface area contributed by atoms with Crippen molar-refractivity contribution in [3.05, 3.63) is 70.2 Å². The molecule has 5 rings (SSSR count). The largest absolute Gasteiger partial charge is 0.462 e. The topological polar surface area (TPSA) is 111 Å². The van der Waals surface area contributed by atoms with Gasteiger partial charge in [-0.25, -0.2) is 29.1 Å². The van der Waals surface area contributed by atoms with E-state index in [1.807, 2.05) is 22.9 Å². The van der Waals surface area contributed by atoms with Crippen molar-refractivity contribution in [1.82, 2.24) is 19.9 Å². The molecule has 0 amide bonds. The Labute approximate surface area is 228 Å². The number of ether oxygens (including phenoxy) is 2. The highest BCUT2D eigenvalue weighted by Crippen LogP contribution is 2.30. The molecule has 0 aliphatic carbocycles. The van der Waals surface area contributed by atoms with Gasteiger partial charge >= 0.3 is 5.97 Å². The van der Waals surface area contributed by atoms with Gasteiger partial charge in [0.25, 0.3) is 0 Å². The first-order valence-corrected chi connectivity index (χ1v) is 13.3. The summed E-state index contributed by atoms with van der Waals surface area (Å²) in [5, 5.41) is 0. The summed E-state index contributed by atoms with van der Waals surface area (Å²) < 4.78 is 26.4. The average molecular weight is 551 g/mol. The Morgan fingerprint density at radius 1 is 1.18 bits per heavy atom. The maximum absolute atomic E-state index is 14.6. The Bertz CT molecular complexity index is 1510. The van der Waals surface area contributed by atoms with E-state index in [0.29, 0.717) is 54.8 Å². The standard InChI is InChI=1S/C27H27FN6O4S/c1-4-37-25(36)18-11-29-26(30-12-18)33(3)14-19-10-22-24(39-19)13-31-27(32-22)34-7-8-38-23(15-34)20-9-17(16(2)35)5-6-21(20)28/h5-6,9-13,23H,4,7-8,14-15H2,1-3H3. The molecule has 0 bridgehead atoms. The Hall–Kier alpha value is -4.03. The summed E-state index contributed by atoms with van der Waals surface area (Å²) in [4.78, 5) is 46.4. The molecule has 1 fully saturated rings. The van der Waals surface area contributed by atoms with Crippen LogP contribution in [-0.2, 0) is 16.0 Å². The molecule has 1 unspecified atom stereocenters. The molecule has 4 aromatic rings. The number of anilines is 2. The van der Waals surface area contributed by atoms with Crippen LogP contribution in [0.4, 0.5) is 16.3 Å². The second-order valence-corrected chi connectivity index (χ2v) is 10.2. The van der Waals surface area contributed by atoms with E-state index in [0.717, 1.165) is 15.1 Å². The van der Waals surface area contributed by atoms with Crippen molar-refractivity contribution in [2.75, 3.05) is 43.2 Å². The predicted octanol–water partition coefficient (Wildman–Crippen LogP) is 4.21. The van der Waals surface area contributed by atoms with Gasteiger partial charge in [0.05, 0.1) is 48.3 Å². The first kappa shape index (κ1) is 26.6. The molecule has 3 aromatic heterocycles. The first-order chi connectivity index (χ1) is 18.8. The van der Waals surface area contributed by atoms with Crippen LogP contribution in [-0.4, -0.2) is 65.0 Å². The molecule has 0 saturated carbocycles. The van der Waals surface area contributed by atoms with Crippen molar-refractivity contribution in [2.45, 2.75) is 26.5 Å². The third-order valence-electron chi connectivity index (χ3n) is 6.29. The number of carbonyl (C=O) groups is 2. The summed E-state index contributed by atoms with van der Waals surface area (Å²) in [6.07, 6.45) is 4.16. The number of halogens is 1. The van der Waals surface area contributed by atoms with Gasteiger partial charge in [-0.1, -0.05) is 0 Å². The summed E-state index contributed by atoms with van der Waals surface area (Å²) in [5.74, 6) is 0.0281. The normalized spacial score (nSPS) is 15.4. The molecule has 0 N–H and O–H groups in total. The highest BCUT2D eigenvalue weighted by Gasteiger charge is 2.27. The predicted molar refractivity (Wildman–Crippen MR) is 145 cm³/mol. The number of thiophene rings is 1. The van der Waals surface area contributed by atoms with Crippen LogP contribution in [0, 0.1) is 5.82 Å². The third kappa shape index (κ3) is 5.86. The van der Waals surface area contributed by atoms with Gasteiger partial charge in [-0.3, -0.25) is 4.79 Å². The van der Waals surface area contributed by atoms with Crippen molar-refractivity contribution in [3.8, 4) is 0 Å². The fourth-order valence-corrected chi connectivity index (χ4v) is 5.31. The van der Waals surface area contributed by atoms with Gasteiger partial charge in [-0.05, 0) is 38.1 Å². The first-order valence-electron chi connectivity index (χ1n) is 12.4. The molecule has 202 valence electrons. The van der Waals surface area contributed by atoms with Crippen LogP contribution < -0.4 is 9.80 Å². The molecule has 1 aliphatic rings. The van der Waals surface area contributed by atoms with E-state index in [4.69, 9.17) is 14.5 Å². The average Bonchev–Trinajstić information content (AvgIpc) is 3.35. The van der Waals surface area contributed by atoms with Crippen LogP contribution in [0.2, 0.25) is 0 Å². The minimum Gasteiger partial charge on any atom is -0.462 e. The van der Waals surface area contributed by atoms with Crippen molar-refractivity contribution in [3.63, 3.8) is 0 Å². The van der Waals surface area contributed by atoms with Crippen LogP contribution in [0.5, 0.6) is 0 Å². The molecule has 1 aromatic carbocycles. The fourth-order valence-electron chi connectivity index (χ4n) is 4.28. The lowest BCUT2D eigenvalue weighted by Gasteiger charge is -2.33. The zero-order valence-corrected chi connectivity index (χ0v) is 22.6. The number of esters is 1. The lowest BCUT2D eigenvalue weighted by atomic mass is 10.0. The summed E-state index contributed by atoms with van der Waals surface area (Å²) in [6.45, 7) is 5.34. The number of fused-ring (bicyclic) bond motifs is 1. The van der Waals surface area contributed by atoms with Gasteiger partial charge in [0.15, 0.2) is 5.78 Å². The molecular formula is C27H27FN6O4S. The Morgan fingerprint density at radius 3 is 2.72 bits per heavy atom. The highest BCUT2D eigenvalue weighted by molar-refractivity contribution is 7.19. The molecule has 10 nitrogen and oxygen atoms in total. The third-order valence-corrected chi connectivity index (χ3v) is 7.34. The van der Waals surface area contributed by atoms with E-state index < -0.39 is 17.9 Å². The Morgan fingerprint density at radius 2 is 1.97 bits per heavy atom. The van der Waals surface area contributed by atoms with Crippen LogP contribution in [0.25, 0.3) is 10.2 Å². The number of carbonyl (C=O) groups excluding carboxylic acids is 2. The number of aromatic nitrogens is 4. The van der Waals surface area contributed by atoms with Gasteiger partial charge in [-0.15, -0.1) is 11.3 Å². The quantitative estimate of drug-likeness (QED) is 0.234. The van der Waals surface area contributed by atoms with Gasteiger partial charge in [0.2, 0.25) is 11.9 Å². The second kappa shape index (κ2) is 11.4. The Kier molecular flexibility index (Phi) is 7.75. The Balaban J connectivity index is 1.29. The zero-order chi connectivity index (χ0) is 27.5. The van der Waals surface area contributed by atoms with Gasteiger partial charge in [0.1, 0.15) is 11.9 Å². The molecule has 0 radical (unpaired) electrons. The molecule has 1 saturated heterocycles. The lowest BCUT2D eigenvalue weighted by molar-refractivity contribution is 0.0369. The van der Waals surface area contributed by atoms with Crippen molar-refractivity contribution < 1.29 is 23.5 Å². The number of Topliss-reactive ketones (excluding diaryl/α,β-unsaturated/α-hetero) is 1. The summed E-state index contributed by atoms with van der Waals surface area (Å²) >= 11 is 1.57.